The minimum atomic E-state index is -0.200. The Hall–Kier alpha value is -3.08. The van der Waals surface area contributed by atoms with Crippen LogP contribution in [0.1, 0.15) is 12.5 Å². The minimum absolute atomic E-state index is 0.200. The number of nitrogens with zero attached hydrogens (tertiary/aromatic N) is 2. The van der Waals surface area contributed by atoms with Crippen LogP contribution in [-0.2, 0) is 6.54 Å². The third-order valence-corrected chi connectivity index (χ3v) is 3.69. The van der Waals surface area contributed by atoms with E-state index < -0.39 is 0 Å². The van der Waals surface area contributed by atoms with Crippen LogP contribution in [0.3, 0.4) is 0 Å². The number of hydrogen-bond donors (Lipinski definition) is 1. The Kier molecular flexibility index (Phi) is 4.91. The molecule has 1 aromatic heterocycles. The van der Waals surface area contributed by atoms with Crippen LogP contribution in [0.4, 0.5) is 10.6 Å². The second-order valence-corrected chi connectivity index (χ2v) is 5.37. The third-order valence-electron chi connectivity index (χ3n) is 3.69. The monoisotopic (exact) mass is 321 g/mol. The van der Waals surface area contributed by atoms with Crippen molar-refractivity contribution in [1.29, 1.82) is 0 Å². The first-order valence-corrected chi connectivity index (χ1v) is 7.88. The Labute approximate surface area is 140 Å². The molecule has 0 atom stereocenters. The van der Waals surface area contributed by atoms with Crippen LogP contribution in [0.5, 0.6) is 0 Å². The molecular weight excluding hydrogens is 302 g/mol. The van der Waals surface area contributed by atoms with Crippen molar-refractivity contribution >= 4 is 11.8 Å². The van der Waals surface area contributed by atoms with Gasteiger partial charge in [0.2, 0.25) is 0 Å². The second-order valence-electron chi connectivity index (χ2n) is 5.37. The van der Waals surface area contributed by atoms with Crippen LogP contribution in [0.25, 0.3) is 11.3 Å². The van der Waals surface area contributed by atoms with E-state index in [9.17, 15) is 4.79 Å². The highest BCUT2D eigenvalue weighted by Gasteiger charge is 2.15. The Morgan fingerprint density at radius 3 is 2.42 bits per heavy atom. The summed E-state index contributed by atoms with van der Waals surface area (Å²) >= 11 is 0. The van der Waals surface area contributed by atoms with Gasteiger partial charge in [-0.25, -0.2) is 4.79 Å². The molecule has 122 valence electrons. The van der Waals surface area contributed by atoms with Gasteiger partial charge in [-0.3, -0.25) is 5.32 Å². The Balaban J connectivity index is 1.66. The molecule has 5 heteroatoms. The number of carbonyl (C=O) groups is 1. The fraction of sp³-hybridized carbons (Fsp3) is 0.158. The molecule has 0 aliphatic carbocycles. The molecule has 0 saturated carbocycles. The van der Waals surface area contributed by atoms with Crippen molar-refractivity contribution in [3.05, 3.63) is 72.3 Å². The number of hydrogen-bond acceptors (Lipinski definition) is 3. The van der Waals surface area contributed by atoms with E-state index in [4.69, 9.17) is 4.52 Å². The van der Waals surface area contributed by atoms with Gasteiger partial charge in [0.05, 0.1) is 0 Å². The summed E-state index contributed by atoms with van der Waals surface area (Å²) in [6.45, 7) is 3.09. The van der Waals surface area contributed by atoms with Gasteiger partial charge in [-0.2, -0.15) is 0 Å². The van der Waals surface area contributed by atoms with E-state index in [0.717, 1.165) is 11.1 Å². The van der Waals surface area contributed by atoms with Crippen molar-refractivity contribution in [2.45, 2.75) is 13.5 Å². The fourth-order valence-corrected chi connectivity index (χ4v) is 2.39. The van der Waals surface area contributed by atoms with E-state index in [0.29, 0.717) is 24.7 Å². The van der Waals surface area contributed by atoms with Crippen LogP contribution < -0.4 is 5.32 Å². The summed E-state index contributed by atoms with van der Waals surface area (Å²) in [5.74, 6) is 1.03. The predicted molar refractivity (Wildman–Crippen MR) is 93.5 cm³/mol. The zero-order valence-electron chi connectivity index (χ0n) is 13.5. The molecule has 0 aliphatic heterocycles. The summed E-state index contributed by atoms with van der Waals surface area (Å²) < 4.78 is 5.30. The van der Waals surface area contributed by atoms with E-state index >= 15 is 0 Å². The molecular formula is C19H19N3O2. The van der Waals surface area contributed by atoms with E-state index in [1.165, 1.54) is 0 Å². The number of benzene rings is 2. The molecule has 0 radical (unpaired) electrons. The summed E-state index contributed by atoms with van der Waals surface area (Å²) in [5, 5.41) is 6.71. The van der Waals surface area contributed by atoms with Crippen molar-refractivity contribution in [2.75, 3.05) is 11.9 Å². The molecule has 2 aromatic carbocycles. The van der Waals surface area contributed by atoms with Gasteiger partial charge in [-0.1, -0.05) is 65.8 Å². The van der Waals surface area contributed by atoms with Crippen LogP contribution in [0.15, 0.2) is 71.3 Å². The molecule has 1 heterocycles. The van der Waals surface area contributed by atoms with E-state index in [2.05, 4.69) is 10.5 Å². The largest absolute Gasteiger partial charge is 0.354 e. The van der Waals surface area contributed by atoms with Crippen LogP contribution in [0, 0.1) is 0 Å². The molecule has 0 aliphatic rings. The molecule has 0 unspecified atom stereocenters. The molecule has 3 aromatic rings. The number of amides is 2. The first-order chi connectivity index (χ1) is 11.8. The van der Waals surface area contributed by atoms with Gasteiger partial charge in [0, 0.05) is 24.7 Å². The zero-order valence-corrected chi connectivity index (χ0v) is 13.5. The van der Waals surface area contributed by atoms with Gasteiger partial charge < -0.3 is 9.42 Å². The molecule has 3 rings (SSSR count). The van der Waals surface area contributed by atoms with Crippen molar-refractivity contribution in [3.63, 3.8) is 0 Å². The number of carbonyl (C=O) groups excluding carboxylic acids is 1. The summed E-state index contributed by atoms with van der Waals surface area (Å²) in [6, 6.07) is 21.1. The smallest absolute Gasteiger partial charge is 0.323 e. The highest BCUT2D eigenvalue weighted by molar-refractivity contribution is 5.88. The first kappa shape index (κ1) is 15.8. The second kappa shape index (κ2) is 7.46. The van der Waals surface area contributed by atoms with Crippen LogP contribution in [-0.4, -0.2) is 22.6 Å². The van der Waals surface area contributed by atoms with E-state index in [-0.39, 0.29) is 6.03 Å². The first-order valence-electron chi connectivity index (χ1n) is 7.88. The van der Waals surface area contributed by atoms with Gasteiger partial charge in [0.1, 0.15) is 0 Å². The van der Waals surface area contributed by atoms with Crippen LogP contribution >= 0.6 is 0 Å². The lowest BCUT2D eigenvalue weighted by molar-refractivity contribution is 0.212. The summed E-state index contributed by atoms with van der Waals surface area (Å²) in [6.07, 6.45) is 0. The van der Waals surface area contributed by atoms with Gasteiger partial charge in [0.15, 0.2) is 11.6 Å². The number of nitrogens with one attached hydrogen (secondary N) is 1. The molecule has 2 amide bonds. The lowest BCUT2D eigenvalue weighted by Gasteiger charge is -2.20. The molecule has 0 fully saturated rings. The maximum atomic E-state index is 12.4. The fourth-order valence-electron chi connectivity index (χ4n) is 2.39. The number of anilines is 1. The zero-order chi connectivity index (χ0) is 16.8. The normalized spacial score (nSPS) is 10.4. The van der Waals surface area contributed by atoms with Crippen LogP contribution in [0.2, 0.25) is 0 Å². The number of aromatic nitrogens is 1. The average molecular weight is 321 g/mol. The minimum Gasteiger partial charge on any atom is -0.354 e. The van der Waals surface area contributed by atoms with E-state index in [1.807, 2.05) is 67.6 Å². The Bertz CT molecular complexity index is 785. The quantitative estimate of drug-likeness (QED) is 0.758. The Morgan fingerprint density at radius 2 is 1.75 bits per heavy atom. The third kappa shape index (κ3) is 3.81. The molecule has 0 bridgehead atoms. The lowest BCUT2D eigenvalue weighted by Crippen LogP contribution is -2.34. The van der Waals surface area contributed by atoms with Crippen molar-refractivity contribution in [1.82, 2.24) is 10.1 Å². The lowest BCUT2D eigenvalue weighted by atomic mass is 10.2. The highest BCUT2D eigenvalue weighted by atomic mass is 16.5. The average Bonchev–Trinajstić information content (AvgIpc) is 3.09. The SMILES string of the molecule is CCN(Cc1ccccc1)C(=O)Nc1cc(-c2ccccc2)on1. The van der Waals surface area contributed by atoms with Gasteiger partial charge >= 0.3 is 6.03 Å². The van der Waals surface area contributed by atoms with Gasteiger partial charge in [-0.15, -0.1) is 0 Å². The predicted octanol–water partition coefficient (Wildman–Crippen LogP) is 4.40. The Morgan fingerprint density at radius 1 is 1.08 bits per heavy atom. The topological polar surface area (TPSA) is 58.4 Å². The maximum absolute atomic E-state index is 12.4. The van der Waals surface area contributed by atoms with Crippen molar-refractivity contribution < 1.29 is 9.32 Å². The molecule has 0 saturated heterocycles. The summed E-state index contributed by atoms with van der Waals surface area (Å²) in [5.41, 5.74) is 2.00. The van der Waals surface area contributed by atoms with Crippen molar-refractivity contribution in [3.8, 4) is 11.3 Å². The summed E-state index contributed by atoms with van der Waals surface area (Å²) in [4.78, 5) is 14.1. The highest BCUT2D eigenvalue weighted by Crippen LogP contribution is 2.22. The van der Waals surface area contributed by atoms with Crippen molar-refractivity contribution in [2.24, 2.45) is 0 Å². The number of urea groups is 1. The molecule has 1 N–H and O–H groups in total. The van der Waals surface area contributed by atoms with Gasteiger partial charge in [0.25, 0.3) is 0 Å². The maximum Gasteiger partial charge on any atom is 0.323 e. The summed E-state index contributed by atoms with van der Waals surface area (Å²) in [7, 11) is 0. The molecule has 24 heavy (non-hydrogen) atoms. The molecule has 0 spiro atoms. The number of rotatable bonds is 5. The van der Waals surface area contributed by atoms with Gasteiger partial charge in [-0.05, 0) is 12.5 Å². The van der Waals surface area contributed by atoms with E-state index in [1.54, 1.807) is 11.0 Å². The standard InChI is InChI=1S/C19H19N3O2/c1-2-22(14-15-9-5-3-6-10-15)19(23)20-18-13-17(24-21-18)16-11-7-4-8-12-16/h3-13H,2,14H2,1H3,(H,20,21,23). The molecule has 5 nitrogen and oxygen atoms in total.